The van der Waals surface area contributed by atoms with E-state index in [0.29, 0.717) is 13.2 Å². The Balaban J connectivity index is 1.37. The molecule has 1 N–H and O–H groups in total. The van der Waals surface area contributed by atoms with Crippen LogP contribution in [0.15, 0.2) is 48.5 Å². The maximum absolute atomic E-state index is 13.1. The lowest BCUT2D eigenvalue weighted by Gasteiger charge is -2.32. The quantitative estimate of drug-likeness (QED) is 0.644. The molecule has 0 radical (unpaired) electrons. The summed E-state index contributed by atoms with van der Waals surface area (Å²) in [7, 11) is 0. The van der Waals surface area contributed by atoms with Crippen molar-refractivity contribution in [2.24, 2.45) is 5.92 Å². The summed E-state index contributed by atoms with van der Waals surface area (Å²) in [5.41, 5.74) is 2.34. The van der Waals surface area contributed by atoms with E-state index < -0.39 is 0 Å². The molecule has 0 aliphatic carbocycles. The van der Waals surface area contributed by atoms with Crippen LogP contribution in [-0.4, -0.2) is 37.0 Å². The number of carbonyl (C=O) groups excluding carboxylic acids is 1. The minimum Gasteiger partial charge on any atom is -0.494 e. The van der Waals surface area contributed by atoms with Gasteiger partial charge in [0.05, 0.1) is 12.5 Å². The van der Waals surface area contributed by atoms with Gasteiger partial charge in [-0.25, -0.2) is 4.39 Å². The molecule has 2 aromatic carbocycles. The predicted octanol–water partition coefficient (Wildman–Crippen LogP) is 4.19. The molecule has 156 valence electrons. The van der Waals surface area contributed by atoms with E-state index in [-0.39, 0.29) is 17.6 Å². The third-order valence-corrected chi connectivity index (χ3v) is 5.37. The summed E-state index contributed by atoms with van der Waals surface area (Å²) < 4.78 is 18.5. The number of nitrogens with one attached hydrogen (secondary N) is 1. The average Bonchev–Trinajstić information content (AvgIpc) is 2.74. The number of aryl methyl sites for hydroxylation is 1. The minimum atomic E-state index is -0.213. The van der Waals surface area contributed by atoms with Gasteiger partial charge in [-0.3, -0.25) is 9.69 Å². The number of halogens is 1. The molecule has 1 aliphatic rings. The van der Waals surface area contributed by atoms with Crippen molar-refractivity contribution in [1.29, 1.82) is 0 Å². The second kappa shape index (κ2) is 11.0. The van der Waals surface area contributed by atoms with Crippen LogP contribution in [-0.2, 0) is 17.8 Å². The molecule has 1 aliphatic heterocycles. The first-order valence-electron chi connectivity index (χ1n) is 10.6. The summed E-state index contributed by atoms with van der Waals surface area (Å²) in [5.74, 6) is 0.872. The monoisotopic (exact) mass is 398 g/mol. The van der Waals surface area contributed by atoms with Crippen LogP contribution >= 0.6 is 0 Å². The van der Waals surface area contributed by atoms with Gasteiger partial charge in [-0.15, -0.1) is 0 Å². The molecule has 0 spiro atoms. The Labute approximate surface area is 173 Å². The summed E-state index contributed by atoms with van der Waals surface area (Å²) in [4.78, 5) is 14.9. The van der Waals surface area contributed by atoms with E-state index in [1.54, 1.807) is 0 Å². The van der Waals surface area contributed by atoms with E-state index in [1.165, 1.54) is 17.7 Å². The van der Waals surface area contributed by atoms with Gasteiger partial charge in [0.15, 0.2) is 0 Å². The molecule has 2 aromatic rings. The Morgan fingerprint density at radius 1 is 1.14 bits per heavy atom. The van der Waals surface area contributed by atoms with Gasteiger partial charge in [0.1, 0.15) is 11.6 Å². The molecule has 4 nitrogen and oxygen atoms in total. The van der Waals surface area contributed by atoms with Gasteiger partial charge in [0.25, 0.3) is 0 Å². The summed E-state index contributed by atoms with van der Waals surface area (Å²) in [6.07, 6.45) is 3.82. The van der Waals surface area contributed by atoms with E-state index in [2.05, 4.69) is 22.3 Å². The zero-order valence-electron chi connectivity index (χ0n) is 17.2. The topological polar surface area (TPSA) is 41.6 Å². The van der Waals surface area contributed by atoms with Gasteiger partial charge < -0.3 is 10.1 Å². The number of likely N-dealkylation sites (tertiary alicyclic amines) is 1. The fourth-order valence-corrected chi connectivity index (χ4v) is 3.83. The van der Waals surface area contributed by atoms with Crippen molar-refractivity contribution in [2.45, 2.75) is 39.2 Å². The van der Waals surface area contributed by atoms with Crippen molar-refractivity contribution in [3.8, 4) is 5.75 Å². The standard InChI is InChI=1S/C24H31FN2O2/c1-2-29-23-13-9-19(10-14-23)5-3-15-26-24(28)21-6-4-16-27(18-21)17-20-7-11-22(25)12-8-20/h7-14,21H,2-6,15-18H2,1H3,(H,26,28). The van der Waals surface area contributed by atoms with Crippen LogP contribution in [0, 0.1) is 11.7 Å². The van der Waals surface area contributed by atoms with Gasteiger partial charge in [-0.1, -0.05) is 24.3 Å². The summed E-state index contributed by atoms with van der Waals surface area (Å²) >= 11 is 0. The van der Waals surface area contributed by atoms with Gasteiger partial charge >= 0.3 is 0 Å². The summed E-state index contributed by atoms with van der Waals surface area (Å²) in [6.45, 7) is 5.86. The Hall–Kier alpha value is -2.40. The molecule has 5 heteroatoms. The number of rotatable bonds is 9. The van der Waals surface area contributed by atoms with Gasteiger partial charge in [0.2, 0.25) is 5.91 Å². The first kappa shape index (κ1) is 21.3. The summed E-state index contributed by atoms with van der Waals surface area (Å²) in [5, 5.41) is 3.11. The molecule has 0 saturated carbocycles. The van der Waals surface area contributed by atoms with Crippen molar-refractivity contribution < 1.29 is 13.9 Å². The fourth-order valence-electron chi connectivity index (χ4n) is 3.83. The van der Waals surface area contributed by atoms with Crippen LogP contribution in [0.1, 0.15) is 37.3 Å². The molecule has 29 heavy (non-hydrogen) atoms. The molecule has 1 saturated heterocycles. The van der Waals surface area contributed by atoms with Gasteiger partial charge in [-0.05, 0) is 74.5 Å². The number of amides is 1. The highest BCUT2D eigenvalue weighted by molar-refractivity contribution is 5.78. The van der Waals surface area contributed by atoms with Crippen LogP contribution in [0.5, 0.6) is 5.75 Å². The van der Waals surface area contributed by atoms with E-state index in [4.69, 9.17) is 4.74 Å². The molecular weight excluding hydrogens is 367 g/mol. The SMILES string of the molecule is CCOc1ccc(CCCNC(=O)C2CCCN(Cc3ccc(F)cc3)C2)cc1. The number of piperidine rings is 1. The zero-order valence-corrected chi connectivity index (χ0v) is 17.2. The Kier molecular flexibility index (Phi) is 8.05. The van der Waals surface area contributed by atoms with Crippen LogP contribution in [0.25, 0.3) is 0 Å². The predicted molar refractivity (Wildman–Crippen MR) is 113 cm³/mol. The molecule has 0 bridgehead atoms. The average molecular weight is 399 g/mol. The smallest absolute Gasteiger partial charge is 0.224 e. The number of benzene rings is 2. The minimum absolute atomic E-state index is 0.0367. The number of ether oxygens (including phenoxy) is 1. The lowest BCUT2D eigenvalue weighted by Crippen LogP contribution is -2.42. The lowest BCUT2D eigenvalue weighted by molar-refractivity contribution is -0.126. The summed E-state index contributed by atoms with van der Waals surface area (Å²) in [6, 6.07) is 14.8. The largest absolute Gasteiger partial charge is 0.494 e. The van der Waals surface area contributed by atoms with E-state index >= 15 is 0 Å². The second-order valence-corrected chi connectivity index (χ2v) is 7.67. The van der Waals surface area contributed by atoms with E-state index in [1.807, 2.05) is 31.2 Å². The first-order chi connectivity index (χ1) is 14.1. The lowest BCUT2D eigenvalue weighted by atomic mass is 9.96. The molecule has 1 atom stereocenters. The highest BCUT2D eigenvalue weighted by atomic mass is 19.1. The molecular formula is C24H31FN2O2. The zero-order chi connectivity index (χ0) is 20.5. The van der Waals surface area contributed by atoms with Crippen LogP contribution in [0.2, 0.25) is 0 Å². The molecule has 1 unspecified atom stereocenters. The van der Waals surface area contributed by atoms with Crippen LogP contribution < -0.4 is 10.1 Å². The molecule has 0 aromatic heterocycles. The Bertz CT molecular complexity index is 761. The van der Waals surface area contributed by atoms with E-state index in [0.717, 1.165) is 56.6 Å². The second-order valence-electron chi connectivity index (χ2n) is 7.67. The van der Waals surface area contributed by atoms with Crippen LogP contribution in [0.4, 0.5) is 4.39 Å². The highest BCUT2D eigenvalue weighted by Crippen LogP contribution is 2.19. The van der Waals surface area contributed by atoms with E-state index in [9.17, 15) is 9.18 Å². The third-order valence-electron chi connectivity index (χ3n) is 5.37. The van der Waals surface area contributed by atoms with Crippen molar-refractivity contribution >= 4 is 5.91 Å². The van der Waals surface area contributed by atoms with Gasteiger partial charge in [0, 0.05) is 19.6 Å². The van der Waals surface area contributed by atoms with Crippen LogP contribution in [0.3, 0.4) is 0 Å². The number of hydrogen-bond acceptors (Lipinski definition) is 3. The fraction of sp³-hybridized carbons (Fsp3) is 0.458. The Morgan fingerprint density at radius 3 is 2.59 bits per heavy atom. The molecule has 1 heterocycles. The van der Waals surface area contributed by atoms with Crippen molar-refractivity contribution in [3.05, 3.63) is 65.5 Å². The third kappa shape index (κ3) is 6.86. The van der Waals surface area contributed by atoms with Gasteiger partial charge in [-0.2, -0.15) is 0 Å². The number of nitrogens with zero attached hydrogens (tertiary/aromatic N) is 1. The molecule has 1 fully saturated rings. The molecule has 3 rings (SSSR count). The number of carbonyl (C=O) groups is 1. The van der Waals surface area contributed by atoms with Crippen molar-refractivity contribution in [1.82, 2.24) is 10.2 Å². The normalized spacial score (nSPS) is 17.1. The maximum atomic E-state index is 13.1. The Morgan fingerprint density at radius 2 is 1.86 bits per heavy atom. The van der Waals surface area contributed by atoms with Crippen molar-refractivity contribution in [2.75, 3.05) is 26.2 Å². The molecule has 1 amide bonds. The number of hydrogen-bond donors (Lipinski definition) is 1. The maximum Gasteiger partial charge on any atom is 0.224 e. The van der Waals surface area contributed by atoms with Crippen molar-refractivity contribution in [3.63, 3.8) is 0 Å². The highest BCUT2D eigenvalue weighted by Gasteiger charge is 2.25. The first-order valence-corrected chi connectivity index (χ1v) is 10.6.